The first-order chi connectivity index (χ1) is 11.5. The number of halogens is 2. The lowest BCUT2D eigenvalue weighted by atomic mass is 10.0. The first-order valence-corrected chi connectivity index (χ1v) is 7.41. The summed E-state index contributed by atoms with van der Waals surface area (Å²) in [4.78, 5) is 15.3. The zero-order valence-corrected chi connectivity index (χ0v) is 13.1. The summed E-state index contributed by atoms with van der Waals surface area (Å²) >= 11 is 0. The molecule has 2 rings (SSSR count). The maximum Gasteiger partial charge on any atom is 0.350 e. The summed E-state index contributed by atoms with van der Waals surface area (Å²) < 4.78 is 30.6. The van der Waals surface area contributed by atoms with Gasteiger partial charge in [0.25, 0.3) is 6.43 Å². The van der Waals surface area contributed by atoms with Crippen LogP contribution in [0.1, 0.15) is 30.7 Å². The molecule has 0 spiro atoms. The lowest BCUT2D eigenvalue weighted by molar-refractivity contribution is -0.145. The van der Waals surface area contributed by atoms with Gasteiger partial charge in [0.2, 0.25) is 5.66 Å². The van der Waals surface area contributed by atoms with Crippen LogP contribution in [-0.2, 0) is 16.1 Å². The second kappa shape index (κ2) is 8.02. The number of hydrogen-bond acceptors (Lipinski definition) is 6. The number of nitrogens with one attached hydrogen (secondary N) is 3. The molecule has 9 heteroatoms. The minimum absolute atomic E-state index is 0.234. The molecule has 0 aromatic carbocycles. The van der Waals surface area contributed by atoms with Crippen molar-refractivity contribution in [2.45, 2.75) is 37.7 Å². The average molecular weight is 342 g/mol. The molecule has 0 bridgehead atoms. The van der Waals surface area contributed by atoms with Crippen LogP contribution in [0.2, 0.25) is 0 Å². The first kappa shape index (κ1) is 18.1. The Morgan fingerprint density at radius 3 is 2.71 bits per heavy atom. The molecule has 0 radical (unpaired) electrons. The molecule has 1 unspecified atom stereocenters. The van der Waals surface area contributed by atoms with Gasteiger partial charge in [0.15, 0.2) is 0 Å². The molecule has 24 heavy (non-hydrogen) atoms. The smallest absolute Gasteiger partial charge is 0.350 e. The van der Waals surface area contributed by atoms with Gasteiger partial charge >= 0.3 is 5.97 Å². The van der Waals surface area contributed by atoms with Crippen LogP contribution in [0.4, 0.5) is 8.78 Å². The minimum Gasteiger partial charge on any atom is -0.478 e. The van der Waals surface area contributed by atoms with Crippen LogP contribution in [0.25, 0.3) is 0 Å². The van der Waals surface area contributed by atoms with Gasteiger partial charge in [-0.2, -0.15) is 0 Å². The van der Waals surface area contributed by atoms with E-state index in [0.717, 1.165) is 0 Å². The largest absolute Gasteiger partial charge is 0.478 e. The molecule has 7 nitrogen and oxygen atoms in total. The molecule has 0 aliphatic carbocycles. The number of ether oxygens (including phenoxy) is 1. The molecular formula is C15H20F2N4O3. The summed E-state index contributed by atoms with van der Waals surface area (Å²) in [7, 11) is 1.49. The van der Waals surface area contributed by atoms with Gasteiger partial charge < -0.3 is 20.5 Å². The van der Waals surface area contributed by atoms with Crippen LogP contribution in [0.15, 0.2) is 30.6 Å². The second-order valence-electron chi connectivity index (χ2n) is 5.33. The van der Waals surface area contributed by atoms with E-state index in [-0.39, 0.29) is 18.7 Å². The molecule has 1 aliphatic heterocycles. The normalized spacial score (nSPS) is 16.7. The zero-order valence-electron chi connectivity index (χ0n) is 13.1. The topological polar surface area (TPSA) is 95.5 Å². The predicted octanol–water partition coefficient (Wildman–Crippen LogP) is 1.31. The molecule has 1 aliphatic rings. The van der Waals surface area contributed by atoms with Crippen molar-refractivity contribution < 1.29 is 23.4 Å². The summed E-state index contributed by atoms with van der Waals surface area (Å²) in [6.07, 6.45) is 0.643. The van der Waals surface area contributed by atoms with Crippen molar-refractivity contribution in [3.05, 3.63) is 42.0 Å². The van der Waals surface area contributed by atoms with Crippen molar-refractivity contribution in [1.82, 2.24) is 20.9 Å². The molecule has 0 amide bonds. The predicted molar refractivity (Wildman–Crippen MR) is 81.8 cm³/mol. The van der Waals surface area contributed by atoms with Gasteiger partial charge in [0.1, 0.15) is 11.9 Å². The van der Waals surface area contributed by atoms with E-state index in [1.165, 1.54) is 31.6 Å². The van der Waals surface area contributed by atoms with Gasteiger partial charge in [-0.3, -0.25) is 10.3 Å². The van der Waals surface area contributed by atoms with Crippen molar-refractivity contribution in [3.8, 4) is 0 Å². The highest BCUT2D eigenvalue weighted by Crippen LogP contribution is 2.17. The van der Waals surface area contributed by atoms with Crippen LogP contribution >= 0.6 is 0 Å². The maximum atomic E-state index is 12.6. The number of methoxy groups -OCH3 is 1. The molecule has 1 atom stereocenters. The molecule has 4 N–H and O–H groups in total. The Bertz CT molecular complexity index is 590. The fourth-order valence-electron chi connectivity index (χ4n) is 2.37. The monoisotopic (exact) mass is 342 g/mol. The van der Waals surface area contributed by atoms with Gasteiger partial charge in [-0.05, 0) is 18.6 Å². The van der Waals surface area contributed by atoms with Crippen LogP contribution < -0.4 is 16.0 Å². The number of carboxylic acid groups (broad SMARTS) is 1. The number of carbonyl (C=O) groups is 1. The van der Waals surface area contributed by atoms with E-state index >= 15 is 0 Å². The minimum atomic E-state index is -2.62. The van der Waals surface area contributed by atoms with Crippen molar-refractivity contribution in [3.63, 3.8) is 0 Å². The standard InChI is InChI=1S/C15H20F2N4O3/c1-24-12(5-6-15(14(22)23)19-7-8-20-15)18-9-10-3-2-4-11(21-10)13(16)17/h2-4,7-8,12-13,18-20H,5-6,9H2,1H3,(H,22,23). The van der Waals surface area contributed by atoms with E-state index in [1.54, 1.807) is 6.07 Å². The summed E-state index contributed by atoms with van der Waals surface area (Å²) in [5, 5.41) is 17.9. The Labute approximate surface area is 138 Å². The molecule has 2 heterocycles. The number of pyridine rings is 1. The van der Waals surface area contributed by atoms with Gasteiger partial charge in [-0.25, -0.2) is 13.6 Å². The Kier molecular flexibility index (Phi) is 6.04. The molecule has 132 valence electrons. The van der Waals surface area contributed by atoms with Crippen LogP contribution in [0, 0.1) is 0 Å². The summed E-state index contributed by atoms with van der Waals surface area (Å²) in [6.45, 7) is 0.234. The Morgan fingerprint density at radius 2 is 2.12 bits per heavy atom. The molecule has 1 aromatic rings. The van der Waals surface area contributed by atoms with E-state index in [2.05, 4.69) is 20.9 Å². The van der Waals surface area contributed by atoms with Crippen molar-refractivity contribution in [1.29, 1.82) is 0 Å². The third-order valence-electron chi connectivity index (χ3n) is 3.74. The van der Waals surface area contributed by atoms with E-state index in [9.17, 15) is 18.7 Å². The maximum absolute atomic E-state index is 12.6. The number of alkyl halides is 2. The first-order valence-electron chi connectivity index (χ1n) is 7.41. The lowest BCUT2D eigenvalue weighted by Gasteiger charge is -2.28. The van der Waals surface area contributed by atoms with Gasteiger partial charge in [-0.15, -0.1) is 0 Å². The molecular weight excluding hydrogens is 322 g/mol. The van der Waals surface area contributed by atoms with E-state index in [1.807, 2.05) is 0 Å². The molecule has 1 aromatic heterocycles. The second-order valence-corrected chi connectivity index (χ2v) is 5.33. The number of hydrogen-bond donors (Lipinski definition) is 4. The fourth-order valence-corrected chi connectivity index (χ4v) is 2.37. The van der Waals surface area contributed by atoms with Crippen LogP contribution in [0.3, 0.4) is 0 Å². The van der Waals surface area contributed by atoms with Gasteiger partial charge in [0.05, 0.1) is 5.69 Å². The third-order valence-corrected chi connectivity index (χ3v) is 3.74. The highest BCUT2D eigenvalue weighted by molar-refractivity contribution is 5.79. The van der Waals surface area contributed by atoms with E-state index in [0.29, 0.717) is 12.1 Å². The Morgan fingerprint density at radius 1 is 1.42 bits per heavy atom. The number of rotatable bonds is 9. The summed E-state index contributed by atoms with van der Waals surface area (Å²) in [6, 6.07) is 4.42. The van der Waals surface area contributed by atoms with Crippen molar-refractivity contribution >= 4 is 5.97 Å². The molecule has 0 saturated heterocycles. The Balaban J connectivity index is 1.88. The average Bonchev–Trinajstić information content (AvgIpc) is 3.05. The van der Waals surface area contributed by atoms with Gasteiger partial charge in [-0.1, -0.05) is 6.07 Å². The summed E-state index contributed by atoms with van der Waals surface area (Å²) in [5.74, 6) is -1.02. The van der Waals surface area contributed by atoms with Crippen molar-refractivity contribution in [2.24, 2.45) is 0 Å². The SMILES string of the molecule is COC(CCC1(C(=O)O)NC=CN1)NCc1cccc(C(F)F)n1. The quantitative estimate of drug-likeness (QED) is 0.503. The van der Waals surface area contributed by atoms with Gasteiger partial charge in [0, 0.05) is 32.5 Å². The molecule has 0 fully saturated rings. The zero-order chi connectivity index (χ0) is 17.6. The third kappa shape index (κ3) is 4.39. The molecule has 0 saturated carbocycles. The highest BCUT2D eigenvalue weighted by Gasteiger charge is 2.39. The summed E-state index contributed by atoms with van der Waals surface area (Å²) in [5.41, 5.74) is -1.08. The van der Waals surface area contributed by atoms with Crippen LogP contribution in [0.5, 0.6) is 0 Å². The number of aliphatic carboxylic acids is 1. The fraction of sp³-hybridized carbons (Fsp3) is 0.467. The van der Waals surface area contributed by atoms with Crippen molar-refractivity contribution in [2.75, 3.05) is 7.11 Å². The lowest BCUT2D eigenvalue weighted by Crippen LogP contribution is -2.56. The highest BCUT2D eigenvalue weighted by atomic mass is 19.3. The number of carboxylic acids is 1. The number of aromatic nitrogens is 1. The van der Waals surface area contributed by atoms with E-state index < -0.39 is 24.3 Å². The van der Waals surface area contributed by atoms with E-state index in [4.69, 9.17) is 4.74 Å². The Hall–Kier alpha value is -2.26. The van der Waals surface area contributed by atoms with Crippen LogP contribution in [-0.4, -0.2) is 35.1 Å². The number of nitrogens with zero attached hydrogens (tertiary/aromatic N) is 1.